The van der Waals surface area contributed by atoms with E-state index in [4.69, 9.17) is 50.8 Å². The van der Waals surface area contributed by atoms with Gasteiger partial charge in [-0.1, -0.05) is 81.8 Å². The average Bonchev–Trinajstić information content (AvgIpc) is 3.88. The van der Waals surface area contributed by atoms with Crippen LogP contribution in [-0.4, -0.2) is 50.6 Å². The summed E-state index contributed by atoms with van der Waals surface area (Å²) < 4.78 is 147. The molecule has 2 heterocycles. The third-order valence-electron chi connectivity index (χ3n) is 10.9. The Morgan fingerprint density at radius 3 is 1.37 bits per heavy atom. The Balaban J connectivity index is 0.000000188. The molecule has 0 bridgehead atoms. The summed E-state index contributed by atoms with van der Waals surface area (Å²) in [6, 6.07) is 16.9. The van der Waals surface area contributed by atoms with Crippen molar-refractivity contribution in [1.29, 1.82) is 0 Å². The number of aryl methyl sites for hydroxylation is 4. The van der Waals surface area contributed by atoms with Crippen LogP contribution in [0.4, 0.5) is 26.3 Å². The van der Waals surface area contributed by atoms with Gasteiger partial charge in [0.05, 0.1) is 52.3 Å². The predicted molar refractivity (Wildman–Crippen MR) is 230 cm³/mol. The molecule has 1 N–H and O–H groups in total. The molecule has 0 aliphatic heterocycles. The molecule has 21 heteroatoms. The first-order chi connectivity index (χ1) is 28.5. The maximum Gasteiger partial charge on any atom is 0.422 e. The smallest absolute Gasteiger partial charge is 0.399 e. The van der Waals surface area contributed by atoms with Crippen LogP contribution in [0.5, 0.6) is 0 Å². The van der Waals surface area contributed by atoms with E-state index in [-0.39, 0.29) is 70.3 Å². The molecule has 0 spiro atoms. The van der Waals surface area contributed by atoms with Gasteiger partial charge in [-0.05, 0) is 119 Å². The predicted octanol–water partition coefficient (Wildman–Crippen LogP) is 12.2. The molecule has 0 amide bonds. The first-order valence-corrected chi connectivity index (χ1v) is 26.5. The summed E-state index contributed by atoms with van der Waals surface area (Å²) in [5.41, 5.74) is -5.25. The summed E-state index contributed by atoms with van der Waals surface area (Å²) >= 11 is 24.4. The SMILES string of the molecule is Cc1ccc(S(=O)(=O)n2c3c(c4cc(Cl)c(Cl)cc42)CCC3(O)C(F)(F)F)cc1.Cc1ccc(S(=O)(=O)n2c3c(c4cc(Cl)c(Cl)cc42)CCC3(O[Si](C)(C)C)C(F)(F)F)cc1. The molecule has 2 atom stereocenters. The van der Waals surface area contributed by atoms with Gasteiger partial charge in [-0.3, -0.25) is 0 Å². The van der Waals surface area contributed by atoms with E-state index in [1.807, 2.05) is 0 Å². The van der Waals surface area contributed by atoms with Gasteiger partial charge in [0, 0.05) is 10.8 Å². The lowest BCUT2D eigenvalue weighted by molar-refractivity contribution is -0.267. The summed E-state index contributed by atoms with van der Waals surface area (Å²) in [6.07, 6.45) is -11.2. The maximum absolute atomic E-state index is 14.8. The first kappa shape index (κ1) is 46.7. The number of halogens is 10. The maximum atomic E-state index is 14.8. The highest BCUT2D eigenvalue weighted by Crippen LogP contribution is 2.56. The summed E-state index contributed by atoms with van der Waals surface area (Å²) in [5.74, 6) is 0. The number of aromatic nitrogens is 2. The molecule has 4 aromatic carbocycles. The van der Waals surface area contributed by atoms with Crippen LogP contribution >= 0.6 is 46.4 Å². The molecule has 62 heavy (non-hydrogen) atoms. The monoisotopic (exact) mass is 998 g/mol. The Morgan fingerprint density at radius 1 is 0.613 bits per heavy atom. The van der Waals surface area contributed by atoms with Gasteiger partial charge in [0.1, 0.15) is 0 Å². The van der Waals surface area contributed by atoms with Gasteiger partial charge in [0.2, 0.25) is 5.60 Å². The van der Waals surface area contributed by atoms with E-state index in [2.05, 4.69) is 0 Å². The van der Waals surface area contributed by atoms with Crippen LogP contribution in [0.3, 0.4) is 0 Å². The molecule has 6 aromatic rings. The van der Waals surface area contributed by atoms with Crippen LogP contribution in [0, 0.1) is 13.8 Å². The van der Waals surface area contributed by atoms with E-state index >= 15 is 0 Å². The average molecular weight is 1000 g/mol. The van der Waals surface area contributed by atoms with Gasteiger partial charge >= 0.3 is 12.4 Å². The molecule has 0 radical (unpaired) electrons. The zero-order valence-corrected chi connectivity index (χ0v) is 38.9. The van der Waals surface area contributed by atoms with Crippen LogP contribution in [0.15, 0.2) is 82.6 Å². The topological polar surface area (TPSA) is 108 Å². The van der Waals surface area contributed by atoms with Gasteiger partial charge in [-0.2, -0.15) is 26.3 Å². The Labute approximate surface area is 374 Å². The highest BCUT2D eigenvalue weighted by atomic mass is 35.5. The van der Waals surface area contributed by atoms with Crippen molar-refractivity contribution in [2.24, 2.45) is 0 Å². The minimum atomic E-state index is -5.07. The lowest BCUT2D eigenvalue weighted by atomic mass is 10.0. The van der Waals surface area contributed by atoms with E-state index in [0.29, 0.717) is 9.36 Å². The quantitative estimate of drug-likeness (QED) is 0.132. The fourth-order valence-corrected chi connectivity index (χ4v) is 13.4. The second-order valence-corrected chi connectivity index (χ2v) is 25.9. The third kappa shape index (κ3) is 7.56. The van der Waals surface area contributed by atoms with Crippen molar-refractivity contribution >= 4 is 96.6 Å². The first-order valence-electron chi connectivity index (χ1n) is 18.7. The lowest BCUT2D eigenvalue weighted by Gasteiger charge is -2.38. The Bertz CT molecular complexity index is 3020. The Kier molecular flexibility index (Phi) is 11.6. The molecule has 2 unspecified atom stereocenters. The van der Waals surface area contributed by atoms with Crippen LogP contribution < -0.4 is 0 Å². The van der Waals surface area contributed by atoms with Gasteiger partial charge in [-0.15, -0.1) is 0 Å². The van der Waals surface area contributed by atoms with Gasteiger partial charge < -0.3 is 9.53 Å². The zero-order chi connectivity index (χ0) is 45.9. The number of nitrogens with zero attached hydrogens (tertiary/aromatic N) is 2. The van der Waals surface area contributed by atoms with Crippen LogP contribution in [-0.2, 0) is 48.5 Å². The van der Waals surface area contributed by atoms with Crippen molar-refractivity contribution in [3.63, 3.8) is 0 Å². The zero-order valence-electron chi connectivity index (χ0n) is 33.2. The molecule has 8 rings (SSSR count). The van der Waals surface area contributed by atoms with E-state index < -0.39 is 76.1 Å². The Morgan fingerprint density at radius 2 is 0.984 bits per heavy atom. The van der Waals surface area contributed by atoms with Crippen LogP contribution in [0.25, 0.3) is 21.8 Å². The normalized spacial score (nSPS) is 19.5. The molecular formula is C41H36Cl4F6N2O6S2Si. The number of rotatable bonds is 6. The van der Waals surface area contributed by atoms with E-state index in [1.54, 1.807) is 57.8 Å². The van der Waals surface area contributed by atoms with Crippen molar-refractivity contribution in [2.75, 3.05) is 0 Å². The molecule has 0 saturated carbocycles. The number of hydrogen-bond acceptors (Lipinski definition) is 6. The summed E-state index contributed by atoms with van der Waals surface area (Å²) in [5, 5.41) is 11.4. The highest BCUT2D eigenvalue weighted by molar-refractivity contribution is 7.90. The van der Waals surface area contributed by atoms with Crippen molar-refractivity contribution in [1.82, 2.24) is 7.94 Å². The second-order valence-electron chi connectivity index (χ2n) is 16.3. The van der Waals surface area contributed by atoms with Crippen molar-refractivity contribution in [3.05, 3.63) is 127 Å². The number of benzene rings is 4. The van der Waals surface area contributed by atoms with E-state index in [9.17, 15) is 48.3 Å². The summed E-state index contributed by atoms with van der Waals surface area (Å²) in [7, 11) is -11.7. The molecule has 2 aliphatic rings. The molecule has 2 aromatic heterocycles. The standard InChI is InChI=1S/C22H22Cl2F3NO3SSi.C19H14Cl2F3NO3S/c1-13-5-7-14(8-6-13)32(29,30)28-19-12-18(24)17(23)11-16(19)15-9-10-21(20(15)28,22(25,26)27)31-33(2,3)4;1-10-2-4-11(5-3-10)29(27,28)25-16-9-15(21)14(20)8-13(16)12-6-7-18(26,17(12)25)19(22,23)24/h5-8,11-12H,9-10H2,1-4H3;2-5,8-9,26H,6-7H2,1H3. The molecule has 8 nitrogen and oxygen atoms in total. The highest BCUT2D eigenvalue weighted by Gasteiger charge is 2.65. The molecule has 332 valence electrons. The van der Waals surface area contributed by atoms with Gasteiger partial charge in [-0.25, -0.2) is 24.8 Å². The number of aliphatic hydroxyl groups is 1. The lowest BCUT2D eigenvalue weighted by Crippen LogP contribution is -2.50. The van der Waals surface area contributed by atoms with Crippen LogP contribution in [0.2, 0.25) is 39.7 Å². The fraction of sp³-hybridized carbons (Fsp3) is 0.317. The molecule has 2 aliphatic carbocycles. The van der Waals surface area contributed by atoms with Gasteiger partial charge in [0.15, 0.2) is 13.9 Å². The minimum Gasteiger partial charge on any atom is -0.399 e. The van der Waals surface area contributed by atoms with Gasteiger partial charge in [0.25, 0.3) is 20.0 Å². The summed E-state index contributed by atoms with van der Waals surface area (Å²) in [4.78, 5) is -0.333. The summed E-state index contributed by atoms with van der Waals surface area (Å²) in [6.45, 7) is 8.48. The van der Waals surface area contributed by atoms with E-state index in [1.165, 1.54) is 48.5 Å². The molecule has 0 fully saturated rings. The molecule has 0 saturated heterocycles. The van der Waals surface area contributed by atoms with Crippen molar-refractivity contribution < 1.29 is 52.7 Å². The number of fused-ring (bicyclic) bond motifs is 6. The third-order valence-corrected chi connectivity index (χ3v) is 16.8. The number of alkyl halides is 6. The Hall–Kier alpha value is -3.26. The van der Waals surface area contributed by atoms with E-state index in [0.717, 1.165) is 15.1 Å². The van der Waals surface area contributed by atoms with Crippen molar-refractivity contribution in [2.45, 2.75) is 92.5 Å². The molecular weight excluding hydrogens is 964 g/mol. The van der Waals surface area contributed by atoms with Crippen molar-refractivity contribution in [3.8, 4) is 0 Å². The second kappa shape index (κ2) is 15.4. The van der Waals surface area contributed by atoms with Crippen LogP contribution in [0.1, 0.15) is 46.5 Å². The largest absolute Gasteiger partial charge is 0.422 e. The minimum absolute atomic E-state index is 0.00811. The fourth-order valence-electron chi connectivity index (χ4n) is 8.17. The number of hydrogen-bond donors (Lipinski definition) is 1.